The van der Waals surface area contributed by atoms with Gasteiger partial charge in [0.15, 0.2) is 12.1 Å². The average molecular weight is 632 g/mol. The second-order valence-corrected chi connectivity index (χ2v) is 12.8. The maximum Gasteiger partial charge on any atom is 0.334 e. The quantitative estimate of drug-likeness (QED) is 0.207. The predicted octanol–water partition coefficient (Wildman–Crippen LogP) is 4.24. The Balaban J connectivity index is 1.30. The second-order valence-electron chi connectivity index (χ2n) is 9.78. The average Bonchev–Trinajstić information content (AvgIpc) is 3.70. The first kappa shape index (κ1) is 28.8. The zero-order chi connectivity index (χ0) is 29.9. The van der Waals surface area contributed by atoms with Crippen LogP contribution in [0, 0.1) is 0 Å². The van der Waals surface area contributed by atoms with Gasteiger partial charge >= 0.3 is 5.97 Å². The smallest absolute Gasteiger partial charge is 0.334 e. The number of benzene rings is 2. The number of carbonyl (C=O) groups excluding carboxylic acids is 4. The van der Waals surface area contributed by atoms with Crippen LogP contribution in [0.3, 0.4) is 0 Å². The number of anilines is 1. The molecular weight excluding hydrogens is 607 g/mol. The lowest BCUT2D eigenvalue weighted by Crippen LogP contribution is -2.73. The minimum absolute atomic E-state index is 0.165. The molecule has 13 heteroatoms. The van der Waals surface area contributed by atoms with E-state index < -0.39 is 35.4 Å². The van der Waals surface area contributed by atoms with Crippen molar-refractivity contribution in [2.75, 3.05) is 5.32 Å². The van der Waals surface area contributed by atoms with Crippen molar-refractivity contribution in [2.45, 2.75) is 36.9 Å². The summed E-state index contributed by atoms with van der Waals surface area (Å²) in [5.74, 6) is -1.63. The van der Waals surface area contributed by atoms with E-state index in [4.69, 9.17) is 4.74 Å². The Morgan fingerprint density at radius 2 is 1.67 bits per heavy atom. The van der Waals surface area contributed by atoms with E-state index in [0.29, 0.717) is 10.6 Å². The first-order valence-corrected chi connectivity index (χ1v) is 15.9. The number of hydrogen-bond acceptors (Lipinski definition) is 10. The summed E-state index contributed by atoms with van der Waals surface area (Å²) in [6.45, 7) is 1.36. The maximum atomic E-state index is 14.1. The molecule has 2 N–H and O–H groups in total. The third-order valence-corrected chi connectivity index (χ3v) is 9.77. The Bertz CT molecular complexity index is 1640. The molecule has 43 heavy (non-hydrogen) atoms. The number of aromatic nitrogens is 2. The van der Waals surface area contributed by atoms with Crippen molar-refractivity contribution in [3.63, 3.8) is 0 Å². The maximum absolute atomic E-state index is 14.1. The Labute approximate surface area is 259 Å². The van der Waals surface area contributed by atoms with Gasteiger partial charge in [-0.2, -0.15) is 0 Å². The lowest BCUT2D eigenvalue weighted by Gasteiger charge is -2.51. The van der Waals surface area contributed by atoms with Crippen molar-refractivity contribution < 1.29 is 23.9 Å². The van der Waals surface area contributed by atoms with Crippen LogP contribution >= 0.6 is 34.4 Å². The molecule has 0 bridgehead atoms. The molecule has 2 aliphatic rings. The molecule has 3 atom stereocenters. The van der Waals surface area contributed by atoms with Crippen LogP contribution in [0.25, 0.3) is 5.57 Å². The van der Waals surface area contributed by atoms with E-state index in [1.165, 1.54) is 34.9 Å². The molecule has 0 spiro atoms. The molecule has 2 aliphatic heterocycles. The second kappa shape index (κ2) is 12.5. The number of carbonyl (C=O) groups is 4. The molecule has 0 saturated carbocycles. The summed E-state index contributed by atoms with van der Waals surface area (Å²) in [7, 11) is 0. The summed E-state index contributed by atoms with van der Waals surface area (Å²) in [6.07, 6.45) is -0.566. The monoisotopic (exact) mass is 631 g/mol. The fourth-order valence-electron chi connectivity index (χ4n) is 4.90. The highest BCUT2D eigenvalue weighted by atomic mass is 32.2. The molecule has 3 amide bonds. The molecule has 2 aromatic carbocycles. The van der Waals surface area contributed by atoms with Crippen LogP contribution in [0.1, 0.15) is 34.0 Å². The van der Waals surface area contributed by atoms with E-state index >= 15 is 0 Å². The summed E-state index contributed by atoms with van der Waals surface area (Å²) in [5, 5.41) is 17.4. The number of esters is 1. The Morgan fingerprint density at radius 3 is 2.30 bits per heavy atom. The normalized spacial score (nSPS) is 19.2. The molecule has 2 aromatic heterocycles. The van der Waals surface area contributed by atoms with E-state index in [1.807, 2.05) is 78.2 Å². The third-order valence-electron chi connectivity index (χ3n) is 6.84. The number of hydrogen-bond donors (Lipinski definition) is 2. The van der Waals surface area contributed by atoms with Crippen molar-refractivity contribution in [1.82, 2.24) is 20.4 Å². The first-order chi connectivity index (χ1) is 20.9. The molecule has 4 aromatic rings. The highest BCUT2D eigenvalue weighted by Gasteiger charge is 2.57. The highest BCUT2D eigenvalue weighted by Crippen LogP contribution is 2.45. The van der Waals surface area contributed by atoms with Crippen LogP contribution in [-0.4, -0.2) is 56.2 Å². The van der Waals surface area contributed by atoms with Gasteiger partial charge in [0.2, 0.25) is 22.9 Å². The summed E-state index contributed by atoms with van der Waals surface area (Å²) < 4.78 is 6.19. The van der Waals surface area contributed by atoms with Gasteiger partial charge in [-0.1, -0.05) is 78.1 Å². The topological polar surface area (TPSA) is 131 Å². The zero-order valence-electron chi connectivity index (χ0n) is 22.7. The molecule has 218 valence electrons. The van der Waals surface area contributed by atoms with E-state index in [1.54, 1.807) is 5.41 Å². The van der Waals surface area contributed by atoms with Gasteiger partial charge in [0, 0.05) is 17.4 Å². The van der Waals surface area contributed by atoms with Crippen LogP contribution in [0.15, 0.2) is 83.6 Å². The predicted molar refractivity (Wildman–Crippen MR) is 165 cm³/mol. The number of ether oxygens (including phenoxy) is 1. The first-order valence-electron chi connectivity index (χ1n) is 13.3. The fourth-order valence-corrected chi connectivity index (χ4v) is 7.74. The third kappa shape index (κ3) is 6.10. The lowest BCUT2D eigenvalue weighted by atomic mass is 9.97. The minimum Gasteiger partial charge on any atom is -0.451 e. The molecule has 10 nitrogen and oxygen atoms in total. The number of thioether (sulfide) groups is 1. The summed E-state index contributed by atoms with van der Waals surface area (Å²) >= 11 is 3.87. The number of thiophene rings is 1. The molecule has 0 radical (unpaired) electrons. The molecule has 6 rings (SSSR count). The van der Waals surface area contributed by atoms with E-state index in [9.17, 15) is 19.2 Å². The number of rotatable bonds is 9. The standard InChI is InChI=1S/C30H25N5O5S3/c1-17(36)31-30-34-33-26(43-30)21-16-42-28-23(32-22(37)15-20-13-8-14-41-20)27(38)35(28)24(21)29(39)40-25(18-9-4-2-5-10-18)19-11-6-3-7-12-19/h2-14,16,23-25,28H,15H2,1H3,(H,32,37)(H,31,34,36)/t23?,24?,28-/m0/s1. The minimum atomic E-state index is -1.14. The van der Waals surface area contributed by atoms with Gasteiger partial charge in [-0.3, -0.25) is 14.4 Å². The van der Waals surface area contributed by atoms with Crippen LogP contribution in [0.2, 0.25) is 0 Å². The van der Waals surface area contributed by atoms with E-state index in [0.717, 1.165) is 27.3 Å². The van der Waals surface area contributed by atoms with Crippen LogP contribution < -0.4 is 10.6 Å². The Hall–Kier alpha value is -4.33. The number of nitrogens with one attached hydrogen (secondary N) is 2. The van der Waals surface area contributed by atoms with E-state index in [-0.39, 0.29) is 23.4 Å². The SMILES string of the molecule is CC(=O)Nc1nnc(C2=CS[C@H]3C(NC(=O)Cc4cccs4)C(=O)N3C2C(=O)OC(c2ccccc2)c2ccccc2)s1. The van der Waals surface area contributed by atoms with Gasteiger partial charge < -0.3 is 20.3 Å². The van der Waals surface area contributed by atoms with Gasteiger partial charge in [-0.05, 0) is 28.0 Å². The van der Waals surface area contributed by atoms with Crippen LogP contribution in [-0.2, 0) is 30.3 Å². The molecule has 4 heterocycles. The summed E-state index contributed by atoms with van der Waals surface area (Å²) in [5.41, 5.74) is 1.97. The zero-order valence-corrected chi connectivity index (χ0v) is 25.2. The van der Waals surface area contributed by atoms with Crippen LogP contribution in [0.5, 0.6) is 0 Å². The van der Waals surface area contributed by atoms with Gasteiger partial charge in [-0.25, -0.2) is 4.79 Å². The molecular formula is C30H25N5O5S3. The van der Waals surface area contributed by atoms with Crippen LogP contribution in [0.4, 0.5) is 5.13 Å². The van der Waals surface area contributed by atoms with Gasteiger partial charge in [0.25, 0.3) is 0 Å². The lowest BCUT2D eigenvalue weighted by molar-refractivity contribution is -0.164. The number of nitrogens with zero attached hydrogens (tertiary/aromatic N) is 3. The van der Waals surface area contributed by atoms with Crippen molar-refractivity contribution in [3.05, 3.63) is 105 Å². The Kier molecular flexibility index (Phi) is 8.36. The van der Waals surface area contributed by atoms with Gasteiger partial charge in [0.05, 0.1) is 6.42 Å². The molecule has 1 fully saturated rings. The summed E-state index contributed by atoms with van der Waals surface area (Å²) in [4.78, 5) is 54.4. The van der Waals surface area contributed by atoms with Crippen molar-refractivity contribution >= 4 is 68.8 Å². The number of β-lactam (4-membered cyclic amide) rings is 1. The van der Waals surface area contributed by atoms with E-state index in [2.05, 4.69) is 20.8 Å². The van der Waals surface area contributed by atoms with Gasteiger partial charge in [0.1, 0.15) is 16.4 Å². The largest absolute Gasteiger partial charge is 0.451 e. The molecule has 2 unspecified atom stereocenters. The van der Waals surface area contributed by atoms with Crippen molar-refractivity contribution in [1.29, 1.82) is 0 Å². The number of amides is 3. The van der Waals surface area contributed by atoms with Gasteiger partial charge in [-0.15, -0.1) is 33.3 Å². The Morgan fingerprint density at radius 1 is 0.977 bits per heavy atom. The highest BCUT2D eigenvalue weighted by molar-refractivity contribution is 8.03. The summed E-state index contributed by atoms with van der Waals surface area (Å²) in [6, 6.07) is 20.5. The van der Waals surface area contributed by atoms with Crippen molar-refractivity contribution in [2.24, 2.45) is 0 Å². The molecule has 1 saturated heterocycles. The number of fused-ring (bicyclic) bond motifs is 1. The molecule has 0 aliphatic carbocycles. The van der Waals surface area contributed by atoms with Crippen molar-refractivity contribution in [3.8, 4) is 0 Å². The fraction of sp³-hybridized carbons (Fsp3) is 0.200.